The van der Waals surface area contributed by atoms with Crippen molar-refractivity contribution in [2.45, 2.75) is 51.1 Å². The fraction of sp³-hybridized carbons (Fsp3) is 0.471. The topological polar surface area (TPSA) is 29.9 Å². The van der Waals surface area contributed by atoms with Crippen molar-refractivity contribution in [2.24, 2.45) is 0 Å². The minimum Gasteiger partial charge on any atom is -0.353 e. The summed E-state index contributed by atoms with van der Waals surface area (Å²) in [6.07, 6.45) is 11.1. The smallest absolute Gasteiger partial charge is 0.202 e. The Labute approximate surface area is 125 Å². The van der Waals surface area contributed by atoms with Gasteiger partial charge in [0.15, 0.2) is 0 Å². The lowest BCUT2D eigenvalue weighted by atomic mass is 9.96. The van der Waals surface area contributed by atoms with Gasteiger partial charge in [0.05, 0.1) is 0 Å². The van der Waals surface area contributed by atoms with E-state index in [4.69, 9.17) is 0 Å². The molecule has 1 saturated carbocycles. The highest BCUT2D eigenvalue weighted by Crippen LogP contribution is 2.21. The lowest BCUT2D eigenvalue weighted by Gasteiger charge is -2.23. The molecule has 0 saturated heterocycles. The first kappa shape index (κ1) is 14.1. The molecule has 4 heteroatoms. The Morgan fingerprint density at radius 3 is 2.90 bits per heavy atom. The highest BCUT2D eigenvalue weighted by Gasteiger charge is 2.15. The van der Waals surface area contributed by atoms with E-state index < -0.39 is 0 Å². The average molecular weight is 287 g/mol. The Balaban J connectivity index is 1.59. The van der Waals surface area contributed by atoms with Crippen molar-refractivity contribution in [1.82, 2.24) is 9.55 Å². The van der Waals surface area contributed by atoms with Gasteiger partial charge in [-0.05, 0) is 37.0 Å². The zero-order valence-corrected chi connectivity index (χ0v) is 12.3. The molecule has 1 aliphatic rings. The number of aryl methyl sites for hydroxylation is 2. The molecular formula is C17H22FN3. The van der Waals surface area contributed by atoms with Crippen LogP contribution in [0.15, 0.2) is 36.7 Å². The molecule has 1 aromatic carbocycles. The van der Waals surface area contributed by atoms with Gasteiger partial charge in [-0.2, -0.15) is 0 Å². The predicted molar refractivity (Wildman–Crippen MR) is 82.8 cm³/mol. The minimum atomic E-state index is -0.168. The molecule has 0 atom stereocenters. The van der Waals surface area contributed by atoms with Gasteiger partial charge in [0, 0.05) is 25.0 Å². The van der Waals surface area contributed by atoms with Crippen molar-refractivity contribution in [3.05, 3.63) is 48.0 Å². The summed E-state index contributed by atoms with van der Waals surface area (Å²) in [7, 11) is 0. The molecule has 1 fully saturated rings. The van der Waals surface area contributed by atoms with Crippen molar-refractivity contribution >= 4 is 5.95 Å². The van der Waals surface area contributed by atoms with E-state index in [2.05, 4.69) is 14.9 Å². The fourth-order valence-corrected chi connectivity index (χ4v) is 3.00. The largest absolute Gasteiger partial charge is 0.353 e. The molecule has 1 aromatic heterocycles. The van der Waals surface area contributed by atoms with Gasteiger partial charge in [0.2, 0.25) is 5.95 Å². The van der Waals surface area contributed by atoms with Gasteiger partial charge in [0.25, 0.3) is 0 Å². The number of hydrogen-bond acceptors (Lipinski definition) is 2. The van der Waals surface area contributed by atoms with Crippen LogP contribution in [0.25, 0.3) is 0 Å². The number of nitrogens with one attached hydrogen (secondary N) is 1. The lowest BCUT2D eigenvalue weighted by Crippen LogP contribution is -2.24. The Morgan fingerprint density at radius 2 is 2.10 bits per heavy atom. The van der Waals surface area contributed by atoms with Gasteiger partial charge in [-0.15, -0.1) is 0 Å². The predicted octanol–water partition coefficient (Wildman–Crippen LogP) is 4.01. The molecule has 112 valence electrons. The van der Waals surface area contributed by atoms with Gasteiger partial charge >= 0.3 is 0 Å². The molecule has 3 rings (SSSR count). The van der Waals surface area contributed by atoms with Crippen LogP contribution in [0.1, 0.15) is 37.7 Å². The Bertz CT molecular complexity index is 573. The number of benzene rings is 1. The first-order chi connectivity index (χ1) is 10.3. The standard InChI is InChI=1S/C17H22FN3/c18-15-6-4-5-14(13-15)9-11-21-12-10-19-17(21)20-16-7-2-1-3-8-16/h4-6,10,12-13,16H,1-3,7-9,11H2,(H,19,20). The second kappa shape index (κ2) is 6.74. The minimum absolute atomic E-state index is 0.168. The van der Waals surface area contributed by atoms with Gasteiger partial charge in [-0.3, -0.25) is 0 Å². The summed E-state index contributed by atoms with van der Waals surface area (Å²) in [5, 5.41) is 3.55. The molecule has 0 bridgehead atoms. The lowest BCUT2D eigenvalue weighted by molar-refractivity contribution is 0.459. The normalized spacial score (nSPS) is 16.0. The maximum absolute atomic E-state index is 13.2. The van der Waals surface area contributed by atoms with E-state index in [9.17, 15) is 4.39 Å². The van der Waals surface area contributed by atoms with E-state index in [0.29, 0.717) is 6.04 Å². The molecule has 1 N–H and O–H groups in total. The maximum atomic E-state index is 13.2. The number of nitrogens with zero attached hydrogens (tertiary/aromatic N) is 2. The molecule has 21 heavy (non-hydrogen) atoms. The van der Waals surface area contributed by atoms with Crippen molar-refractivity contribution in [3.63, 3.8) is 0 Å². The number of rotatable bonds is 5. The van der Waals surface area contributed by atoms with Crippen LogP contribution in [-0.4, -0.2) is 15.6 Å². The Kier molecular flexibility index (Phi) is 4.53. The SMILES string of the molecule is Fc1cccc(CCn2ccnc2NC2CCCCC2)c1. The number of anilines is 1. The van der Waals surface area contributed by atoms with Crippen LogP contribution < -0.4 is 5.32 Å². The van der Waals surface area contributed by atoms with Gasteiger partial charge < -0.3 is 9.88 Å². The quantitative estimate of drug-likeness (QED) is 0.900. The first-order valence-corrected chi connectivity index (χ1v) is 7.83. The van der Waals surface area contributed by atoms with Crippen LogP contribution >= 0.6 is 0 Å². The maximum Gasteiger partial charge on any atom is 0.202 e. The number of aromatic nitrogens is 2. The van der Waals surface area contributed by atoms with Crippen LogP contribution in [0.5, 0.6) is 0 Å². The van der Waals surface area contributed by atoms with Crippen molar-refractivity contribution in [1.29, 1.82) is 0 Å². The molecule has 3 nitrogen and oxygen atoms in total. The molecular weight excluding hydrogens is 265 g/mol. The second-order valence-corrected chi connectivity index (χ2v) is 5.80. The summed E-state index contributed by atoms with van der Waals surface area (Å²) in [5.41, 5.74) is 1.02. The zero-order chi connectivity index (χ0) is 14.5. The Hall–Kier alpha value is -1.84. The third-order valence-electron chi connectivity index (χ3n) is 4.18. The molecule has 0 radical (unpaired) electrons. The van der Waals surface area contributed by atoms with E-state index in [1.165, 1.54) is 38.2 Å². The van der Waals surface area contributed by atoms with E-state index in [-0.39, 0.29) is 5.82 Å². The summed E-state index contributed by atoms with van der Waals surface area (Å²) in [4.78, 5) is 4.42. The van der Waals surface area contributed by atoms with Crippen molar-refractivity contribution < 1.29 is 4.39 Å². The molecule has 0 unspecified atom stereocenters. The van der Waals surface area contributed by atoms with E-state index in [0.717, 1.165) is 24.5 Å². The molecule has 0 aliphatic heterocycles. The molecule has 0 spiro atoms. The van der Waals surface area contributed by atoms with Crippen molar-refractivity contribution in [2.75, 3.05) is 5.32 Å². The van der Waals surface area contributed by atoms with E-state index in [1.807, 2.05) is 18.5 Å². The number of hydrogen-bond donors (Lipinski definition) is 1. The summed E-state index contributed by atoms with van der Waals surface area (Å²) in [6, 6.07) is 7.37. The van der Waals surface area contributed by atoms with Crippen LogP contribution in [0.3, 0.4) is 0 Å². The molecule has 1 heterocycles. The van der Waals surface area contributed by atoms with E-state index in [1.54, 1.807) is 12.1 Å². The monoisotopic (exact) mass is 287 g/mol. The number of halogens is 1. The zero-order valence-electron chi connectivity index (χ0n) is 12.3. The average Bonchev–Trinajstić information content (AvgIpc) is 2.93. The first-order valence-electron chi connectivity index (χ1n) is 7.83. The van der Waals surface area contributed by atoms with Gasteiger partial charge in [-0.25, -0.2) is 9.37 Å². The van der Waals surface area contributed by atoms with Gasteiger partial charge in [0.1, 0.15) is 5.82 Å². The van der Waals surface area contributed by atoms with E-state index >= 15 is 0 Å². The highest BCUT2D eigenvalue weighted by molar-refractivity contribution is 5.28. The molecule has 2 aromatic rings. The Morgan fingerprint density at radius 1 is 1.24 bits per heavy atom. The summed E-state index contributed by atoms with van der Waals surface area (Å²) in [6.45, 7) is 0.818. The third-order valence-corrected chi connectivity index (χ3v) is 4.18. The van der Waals surface area contributed by atoms with Crippen LogP contribution in [0.2, 0.25) is 0 Å². The fourth-order valence-electron chi connectivity index (χ4n) is 3.00. The number of imidazole rings is 1. The molecule has 0 amide bonds. The second-order valence-electron chi connectivity index (χ2n) is 5.80. The summed E-state index contributed by atoms with van der Waals surface area (Å²) >= 11 is 0. The van der Waals surface area contributed by atoms with Crippen LogP contribution in [-0.2, 0) is 13.0 Å². The summed E-state index contributed by atoms with van der Waals surface area (Å²) in [5.74, 6) is 0.775. The van der Waals surface area contributed by atoms with Gasteiger partial charge in [-0.1, -0.05) is 31.4 Å². The van der Waals surface area contributed by atoms with Crippen LogP contribution in [0, 0.1) is 5.82 Å². The van der Waals surface area contributed by atoms with Crippen LogP contribution in [0.4, 0.5) is 10.3 Å². The highest BCUT2D eigenvalue weighted by atomic mass is 19.1. The van der Waals surface area contributed by atoms with Crippen molar-refractivity contribution in [3.8, 4) is 0 Å². The molecule has 1 aliphatic carbocycles. The third kappa shape index (κ3) is 3.84. The summed E-state index contributed by atoms with van der Waals surface area (Å²) < 4.78 is 15.3.